The maximum atomic E-state index is 11.0. The second kappa shape index (κ2) is 4.65. The van der Waals surface area contributed by atoms with E-state index in [1.165, 1.54) is 6.07 Å². The van der Waals surface area contributed by atoms with Crippen molar-refractivity contribution in [2.75, 3.05) is 5.32 Å². The Labute approximate surface area is 96.9 Å². The molecular weight excluding hydrogens is 226 g/mol. The van der Waals surface area contributed by atoms with E-state index in [2.05, 4.69) is 5.32 Å². The minimum atomic E-state index is -1.67. The van der Waals surface area contributed by atoms with Crippen LogP contribution in [-0.4, -0.2) is 28.1 Å². The van der Waals surface area contributed by atoms with Crippen LogP contribution in [0.3, 0.4) is 0 Å². The maximum Gasteiger partial charge on any atom is 0.394 e. The molecule has 90 valence electrons. The summed E-state index contributed by atoms with van der Waals surface area (Å²) in [6.07, 6.45) is 0. The lowest BCUT2D eigenvalue weighted by Gasteiger charge is -2.11. The molecule has 1 rings (SSSR count). The summed E-state index contributed by atoms with van der Waals surface area (Å²) in [5.41, 5.74) is 1.10. The van der Waals surface area contributed by atoms with Gasteiger partial charge in [0.05, 0.1) is 11.3 Å². The molecule has 0 saturated carbocycles. The molecule has 6 nitrogen and oxygen atoms in total. The van der Waals surface area contributed by atoms with Gasteiger partial charge in [-0.3, -0.25) is 4.79 Å². The Kier molecular flexibility index (Phi) is 3.47. The molecule has 0 aromatic heterocycles. The van der Waals surface area contributed by atoms with E-state index in [1.807, 2.05) is 0 Å². The number of aliphatic carboxylic acids is 1. The number of aromatic carboxylic acids is 1. The summed E-state index contributed by atoms with van der Waals surface area (Å²) in [7, 11) is 0. The molecule has 0 fully saturated rings. The number of nitrogens with one attached hydrogen (secondary N) is 1. The van der Waals surface area contributed by atoms with Gasteiger partial charge in [0.25, 0.3) is 0 Å². The number of carboxylic acid groups (broad SMARTS) is 2. The highest BCUT2D eigenvalue weighted by Crippen LogP contribution is 2.22. The van der Waals surface area contributed by atoms with Crippen LogP contribution in [0.25, 0.3) is 0 Å². The summed E-state index contributed by atoms with van der Waals surface area (Å²) in [5.74, 6) is -4.15. The third-order valence-corrected chi connectivity index (χ3v) is 2.14. The Morgan fingerprint density at radius 3 is 2.18 bits per heavy atom. The van der Waals surface area contributed by atoms with Crippen molar-refractivity contribution in [3.05, 3.63) is 28.8 Å². The van der Waals surface area contributed by atoms with E-state index in [0.29, 0.717) is 11.1 Å². The molecule has 0 aliphatic heterocycles. The number of rotatable bonds is 2. The van der Waals surface area contributed by atoms with Crippen LogP contribution in [-0.2, 0) is 9.59 Å². The fourth-order valence-corrected chi connectivity index (χ4v) is 1.47. The average molecular weight is 237 g/mol. The van der Waals surface area contributed by atoms with E-state index in [9.17, 15) is 14.4 Å². The summed E-state index contributed by atoms with van der Waals surface area (Å²) in [6.45, 7) is 3.30. The third kappa shape index (κ3) is 2.81. The van der Waals surface area contributed by atoms with Gasteiger partial charge in [0.15, 0.2) is 0 Å². The van der Waals surface area contributed by atoms with Gasteiger partial charge < -0.3 is 15.5 Å². The first-order valence-corrected chi connectivity index (χ1v) is 4.71. The zero-order valence-electron chi connectivity index (χ0n) is 9.27. The van der Waals surface area contributed by atoms with Crippen LogP contribution in [0.15, 0.2) is 12.1 Å². The lowest BCUT2D eigenvalue weighted by molar-refractivity contribution is -0.147. The topological polar surface area (TPSA) is 104 Å². The van der Waals surface area contributed by atoms with Crippen molar-refractivity contribution < 1.29 is 24.6 Å². The number of hydrogen-bond donors (Lipinski definition) is 3. The minimum absolute atomic E-state index is 0.00972. The number of carboxylic acids is 2. The van der Waals surface area contributed by atoms with Crippen molar-refractivity contribution in [1.82, 2.24) is 0 Å². The summed E-state index contributed by atoms with van der Waals surface area (Å²) in [5, 5.41) is 19.5. The Bertz CT molecular complexity index is 507. The van der Waals surface area contributed by atoms with Crippen LogP contribution in [0.2, 0.25) is 0 Å². The number of carbonyl (C=O) groups is 3. The quantitative estimate of drug-likeness (QED) is 0.666. The van der Waals surface area contributed by atoms with Gasteiger partial charge in [0.2, 0.25) is 0 Å². The molecular formula is C11H11NO5. The van der Waals surface area contributed by atoms with Gasteiger partial charge in [-0.25, -0.2) is 9.59 Å². The molecule has 0 heterocycles. The van der Waals surface area contributed by atoms with E-state index in [1.54, 1.807) is 19.9 Å². The molecule has 0 saturated heterocycles. The minimum Gasteiger partial charge on any atom is -0.478 e. The highest BCUT2D eigenvalue weighted by Gasteiger charge is 2.18. The second-order valence-corrected chi connectivity index (χ2v) is 3.57. The van der Waals surface area contributed by atoms with Crippen molar-refractivity contribution in [2.24, 2.45) is 0 Å². The molecule has 17 heavy (non-hydrogen) atoms. The van der Waals surface area contributed by atoms with E-state index in [4.69, 9.17) is 10.2 Å². The van der Waals surface area contributed by atoms with Crippen LogP contribution in [0.1, 0.15) is 21.5 Å². The monoisotopic (exact) mass is 237 g/mol. The van der Waals surface area contributed by atoms with Crippen molar-refractivity contribution in [3.8, 4) is 0 Å². The summed E-state index contributed by atoms with van der Waals surface area (Å²) >= 11 is 0. The van der Waals surface area contributed by atoms with Crippen molar-refractivity contribution >= 4 is 23.5 Å². The lowest BCUT2D eigenvalue weighted by Crippen LogP contribution is -2.23. The Hall–Kier alpha value is -2.37. The molecule has 1 amide bonds. The number of aryl methyl sites for hydroxylation is 2. The highest BCUT2D eigenvalue weighted by molar-refractivity contribution is 6.37. The molecule has 0 spiro atoms. The highest BCUT2D eigenvalue weighted by atomic mass is 16.4. The number of anilines is 1. The van der Waals surface area contributed by atoms with Crippen LogP contribution in [0.4, 0.5) is 5.69 Å². The van der Waals surface area contributed by atoms with Crippen molar-refractivity contribution in [2.45, 2.75) is 13.8 Å². The molecule has 0 radical (unpaired) electrons. The molecule has 0 aliphatic carbocycles. The maximum absolute atomic E-state index is 11.0. The fourth-order valence-electron chi connectivity index (χ4n) is 1.47. The standard InChI is InChI=1S/C11H11NO5/c1-5-3-6(2)8(7(4-5)10(14)15)12-9(13)11(16)17/h3-4H,1-2H3,(H,12,13)(H,14,15)(H,16,17). The first-order chi connectivity index (χ1) is 7.82. The third-order valence-electron chi connectivity index (χ3n) is 2.14. The van der Waals surface area contributed by atoms with Gasteiger partial charge in [-0.1, -0.05) is 6.07 Å². The van der Waals surface area contributed by atoms with Crippen LogP contribution < -0.4 is 5.32 Å². The Morgan fingerprint density at radius 1 is 1.12 bits per heavy atom. The van der Waals surface area contributed by atoms with E-state index in [0.717, 1.165) is 0 Å². The summed E-state index contributed by atoms with van der Waals surface area (Å²) < 4.78 is 0. The summed E-state index contributed by atoms with van der Waals surface area (Å²) in [6, 6.07) is 3.02. The predicted molar refractivity (Wildman–Crippen MR) is 59.1 cm³/mol. The number of benzene rings is 1. The van der Waals surface area contributed by atoms with Crippen molar-refractivity contribution in [3.63, 3.8) is 0 Å². The Morgan fingerprint density at radius 2 is 1.71 bits per heavy atom. The molecule has 3 N–H and O–H groups in total. The summed E-state index contributed by atoms with van der Waals surface area (Å²) in [4.78, 5) is 32.4. The molecule has 0 unspecified atom stereocenters. The zero-order valence-corrected chi connectivity index (χ0v) is 9.27. The lowest BCUT2D eigenvalue weighted by atomic mass is 10.0. The van der Waals surface area contributed by atoms with E-state index >= 15 is 0 Å². The van der Waals surface area contributed by atoms with Gasteiger partial charge in [-0.05, 0) is 31.0 Å². The van der Waals surface area contributed by atoms with Gasteiger partial charge in [-0.15, -0.1) is 0 Å². The molecule has 1 aromatic carbocycles. The van der Waals surface area contributed by atoms with Crippen LogP contribution in [0, 0.1) is 13.8 Å². The van der Waals surface area contributed by atoms with Crippen LogP contribution in [0.5, 0.6) is 0 Å². The van der Waals surface area contributed by atoms with Crippen molar-refractivity contribution in [1.29, 1.82) is 0 Å². The smallest absolute Gasteiger partial charge is 0.394 e. The van der Waals surface area contributed by atoms with E-state index in [-0.39, 0.29) is 11.3 Å². The second-order valence-electron chi connectivity index (χ2n) is 3.57. The first kappa shape index (κ1) is 12.7. The molecule has 6 heteroatoms. The van der Waals surface area contributed by atoms with Gasteiger partial charge >= 0.3 is 17.8 Å². The Balaban J connectivity index is 3.26. The molecule has 0 bridgehead atoms. The van der Waals surface area contributed by atoms with E-state index < -0.39 is 17.8 Å². The molecule has 0 aliphatic rings. The molecule has 0 atom stereocenters. The fraction of sp³-hybridized carbons (Fsp3) is 0.182. The first-order valence-electron chi connectivity index (χ1n) is 4.71. The number of amides is 1. The van der Waals surface area contributed by atoms with Crippen LogP contribution >= 0.6 is 0 Å². The van der Waals surface area contributed by atoms with Gasteiger partial charge in [0.1, 0.15) is 0 Å². The largest absolute Gasteiger partial charge is 0.478 e. The molecule has 1 aromatic rings. The van der Waals surface area contributed by atoms with Gasteiger partial charge in [-0.2, -0.15) is 0 Å². The van der Waals surface area contributed by atoms with Gasteiger partial charge in [0, 0.05) is 0 Å². The zero-order chi connectivity index (χ0) is 13.2. The normalized spacial score (nSPS) is 9.76. The average Bonchev–Trinajstić information content (AvgIpc) is 2.20. The number of carbonyl (C=O) groups excluding carboxylic acids is 1. The SMILES string of the molecule is Cc1cc(C)c(NC(=O)C(=O)O)c(C(=O)O)c1. The predicted octanol–water partition coefficient (Wildman–Crippen LogP) is 1.02. The number of hydrogen-bond acceptors (Lipinski definition) is 3.